The summed E-state index contributed by atoms with van der Waals surface area (Å²) < 4.78 is 26.7. The highest BCUT2D eigenvalue weighted by atomic mass is 32.2. The van der Waals surface area contributed by atoms with Crippen molar-refractivity contribution in [1.29, 1.82) is 0 Å². The second kappa shape index (κ2) is 10.8. The van der Waals surface area contributed by atoms with Crippen LogP contribution in [-0.2, 0) is 31.4 Å². The van der Waals surface area contributed by atoms with Crippen molar-refractivity contribution in [3.8, 4) is 0 Å². The van der Waals surface area contributed by atoms with Gasteiger partial charge >= 0.3 is 0 Å². The molecule has 218 valence electrons. The van der Waals surface area contributed by atoms with Gasteiger partial charge in [0.05, 0.1) is 11.9 Å². The molecule has 2 fully saturated rings. The van der Waals surface area contributed by atoms with Gasteiger partial charge in [0.1, 0.15) is 6.04 Å². The minimum Gasteiger partial charge on any atom is -0.361 e. The van der Waals surface area contributed by atoms with Crippen molar-refractivity contribution in [3.05, 3.63) is 65.9 Å². The Bertz CT molecular complexity index is 1550. The summed E-state index contributed by atoms with van der Waals surface area (Å²) in [6, 6.07) is 15.1. The van der Waals surface area contributed by atoms with E-state index in [1.165, 1.54) is 10.6 Å². The number of hydrogen-bond donors (Lipinski definition) is 2. The number of H-pyrrole nitrogens is 1. The molecule has 0 aliphatic carbocycles. The van der Waals surface area contributed by atoms with E-state index < -0.39 is 16.1 Å². The fraction of sp³-hybridized carbons (Fsp3) is 0.484. The zero-order chi connectivity index (χ0) is 28.8. The van der Waals surface area contributed by atoms with E-state index in [1.807, 2.05) is 59.6 Å². The van der Waals surface area contributed by atoms with Crippen LogP contribution in [0.1, 0.15) is 36.8 Å². The Morgan fingerprint density at radius 2 is 1.71 bits per heavy atom. The summed E-state index contributed by atoms with van der Waals surface area (Å²) in [5.41, 5.74) is 3.48. The third-order valence-corrected chi connectivity index (χ3v) is 10.6. The number of fused-ring (bicyclic) bond motifs is 3. The average molecular weight is 578 g/mol. The lowest BCUT2D eigenvalue weighted by molar-refractivity contribution is -0.139. The van der Waals surface area contributed by atoms with Crippen molar-refractivity contribution >= 4 is 38.4 Å². The van der Waals surface area contributed by atoms with Gasteiger partial charge < -0.3 is 20.1 Å². The van der Waals surface area contributed by atoms with Crippen LogP contribution in [0, 0.1) is 5.92 Å². The van der Waals surface area contributed by atoms with E-state index in [1.54, 1.807) is 0 Å². The van der Waals surface area contributed by atoms with Gasteiger partial charge in [-0.15, -0.1) is 0 Å². The molecule has 1 spiro atoms. The lowest BCUT2D eigenvalue weighted by Gasteiger charge is -2.41. The standard InChI is InChI=1S/C31H39N5O4S/c1-34-15-11-22(12-16-34)29(37)33-27(19-23-20-32-26-9-5-3-7-24(23)26)30(38)35-17-13-31(14-18-35)21-36(41(2,39)40)28-10-6-4-8-25(28)31/h3-10,20,22,27,32H,11-19,21H2,1-2H3,(H,33,37)/t27-/m1/s1. The van der Waals surface area contributed by atoms with Crippen LogP contribution in [0.2, 0.25) is 0 Å². The molecule has 10 heteroatoms. The second-order valence-corrected chi connectivity index (χ2v) is 14.0. The molecule has 0 radical (unpaired) electrons. The Hall–Kier alpha value is -3.37. The smallest absolute Gasteiger partial charge is 0.245 e. The van der Waals surface area contributed by atoms with E-state index in [0.29, 0.717) is 38.9 Å². The van der Waals surface area contributed by atoms with Gasteiger partial charge in [0.25, 0.3) is 0 Å². The minimum atomic E-state index is -3.41. The molecule has 3 aliphatic rings. The number of para-hydroxylation sites is 2. The van der Waals surface area contributed by atoms with Gasteiger partial charge in [-0.3, -0.25) is 13.9 Å². The zero-order valence-corrected chi connectivity index (χ0v) is 24.6. The molecule has 0 saturated carbocycles. The van der Waals surface area contributed by atoms with Crippen LogP contribution >= 0.6 is 0 Å². The molecule has 4 heterocycles. The van der Waals surface area contributed by atoms with Crippen molar-refractivity contribution in [3.63, 3.8) is 0 Å². The number of piperidine rings is 2. The molecule has 2 amide bonds. The molecule has 0 unspecified atom stereocenters. The molecule has 6 rings (SSSR count). The summed E-state index contributed by atoms with van der Waals surface area (Å²) in [5.74, 6) is -0.206. The summed E-state index contributed by atoms with van der Waals surface area (Å²) in [4.78, 5) is 34.9. The number of carbonyl (C=O) groups is 2. The summed E-state index contributed by atoms with van der Waals surface area (Å²) in [6.07, 6.45) is 6.52. The van der Waals surface area contributed by atoms with Gasteiger partial charge in [0, 0.05) is 54.5 Å². The summed E-state index contributed by atoms with van der Waals surface area (Å²) >= 11 is 0. The van der Waals surface area contributed by atoms with E-state index >= 15 is 0 Å². The van der Waals surface area contributed by atoms with Gasteiger partial charge in [-0.2, -0.15) is 0 Å². The molecule has 1 aromatic heterocycles. The molecule has 2 aromatic carbocycles. The molecule has 1 atom stereocenters. The van der Waals surface area contributed by atoms with Crippen LogP contribution in [0.25, 0.3) is 10.9 Å². The van der Waals surface area contributed by atoms with Crippen molar-refractivity contribution in [2.45, 2.75) is 43.6 Å². The van der Waals surface area contributed by atoms with Crippen LogP contribution in [0.15, 0.2) is 54.7 Å². The Morgan fingerprint density at radius 1 is 1.02 bits per heavy atom. The average Bonchev–Trinajstić information content (AvgIpc) is 3.52. The summed E-state index contributed by atoms with van der Waals surface area (Å²) in [6.45, 7) is 3.18. The number of hydrogen-bond acceptors (Lipinski definition) is 5. The Kier molecular flexibility index (Phi) is 7.32. The normalized spacial score (nSPS) is 20.3. The molecular formula is C31H39N5O4S. The third-order valence-electron chi connectivity index (χ3n) is 9.43. The number of anilines is 1. The van der Waals surface area contributed by atoms with E-state index in [0.717, 1.165) is 53.6 Å². The first-order valence-corrected chi connectivity index (χ1v) is 16.4. The van der Waals surface area contributed by atoms with Gasteiger partial charge in [0.2, 0.25) is 21.8 Å². The first kappa shape index (κ1) is 27.8. The number of amides is 2. The molecule has 2 N–H and O–H groups in total. The number of aromatic amines is 1. The highest BCUT2D eigenvalue weighted by molar-refractivity contribution is 7.92. The zero-order valence-electron chi connectivity index (χ0n) is 23.8. The van der Waals surface area contributed by atoms with Crippen molar-refractivity contribution in [1.82, 2.24) is 20.1 Å². The lowest BCUT2D eigenvalue weighted by Crippen LogP contribution is -2.55. The van der Waals surface area contributed by atoms with Gasteiger partial charge in [-0.25, -0.2) is 8.42 Å². The number of carbonyl (C=O) groups excluding carboxylic acids is 2. The third kappa shape index (κ3) is 5.35. The summed E-state index contributed by atoms with van der Waals surface area (Å²) in [5, 5.41) is 4.21. The van der Waals surface area contributed by atoms with Gasteiger partial charge in [-0.05, 0) is 69.1 Å². The van der Waals surface area contributed by atoms with Gasteiger partial charge in [0.15, 0.2) is 0 Å². The van der Waals surface area contributed by atoms with E-state index in [9.17, 15) is 18.0 Å². The van der Waals surface area contributed by atoms with Crippen LogP contribution in [-0.4, -0.2) is 87.1 Å². The Labute approximate surface area is 241 Å². The van der Waals surface area contributed by atoms with E-state index in [4.69, 9.17) is 0 Å². The van der Waals surface area contributed by atoms with Crippen LogP contribution in [0.3, 0.4) is 0 Å². The maximum absolute atomic E-state index is 14.1. The SMILES string of the molecule is CN1CCC(C(=O)N[C@H](Cc2c[nH]c3ccccc23)C(=O)N2CCC3(CC2)CN(S(C)(=O)=O)c2ccccc23)CC1. The molecule has 3 aromatic rings. The summed E-state index contributed by atoms with van der Waals surface area (Å²) in [7, 11) is -1.34. The Balaban J connectivity index is 1.21. The molecular weight excluding hydrogens is 538 g/mol. The molecule has 3 aliphatic heterocycles. The number of sulfonamides is 1. The lowest BCUT2D eigenvalue weighted by atomic mass is 9.74. The fourth-order valence-electron chi connectivity index (χ4n) is 6.96. The fourth-order valence-corrected chi connectivity index (χ4v) is 7.96. The number of aromatic nitrogens is 1. The van der Waals surface area contributed by atoms with Crippen LogP contribution in [0.4, 0.5) is 5.69 Å². The quantitative estimate of drug-likeness (QED) is 0.469. The molecule has 9 nitrogen and oxygen atoms in total. The van der Waals surface area contributed by atoms with E-state index in [-0.39, 0.29) is 23.1 Å². The monoisotopic (exact) mass is 577 g/mol. The topological polar surface area (TPSA) is 106 Å². The number of nitrogens with one attached hydrogen (secondary N) is 2. The Morgan fingerprint density at radius 3 is 2.44 bits per heavy atom. The highest BCUT2D eigenvalue weighted by Gasteiger charge is 2.48. The first-order chi connectivity index (χ1) is 19.6. The number of benzene rings is 2. The van der Waals surface area contributed by atoms with Crippen molar-refractivity contribution < 1.29 is 18.0 Å². The number of rotatable bonds is 6. The van der Waals surface area contributed by atoms with E-state index in [2.05, 4.69) is 22.2 Å². The largest absolute Gasteiger partial charge is 0.361 e. The van der Waals surface area contributed by atoms with Gasteiger partial charge in [-0.1, -0.05) is 36.4 Å². The molecule has 2 saturated heterocycles. The minimum absolute atomic E-state index is 0.0433. The maximum atomic E-state index is 14.1. The molecule has 0 bridgehead atoms. The van der Waals surface area contributed by atoms with Crippen LogP contribution < -0.4 is 9.62 Å². The van der Waals surface area contributed by atoms with Crippen molar-refractivity contribution in [2.75, 3.05) is 50.3 Å². The predicted octanol–water partition coefficient (Wildman–Crippen LogP) is 2.88. The predicted molar refractivity (Wildman–Crippen MR) is 160 cm³/mol. The highest BCUT2D eigenvalue weighted by Crippen LogP contribution is 2.47. The molecule has 41 heavy (non-hydrogen) atoms. The number of likely N-dealkylation sites (tertiary alicyclic amines) is 2. The maximum Gasteiger partial charge on any atom is 0.245 e. The second-order valence-electron chi connectivity index (χ2n) is 12.1. The number of nitrogens with zero attached hydrogens (tertiary/aromatic N) is 3. The first-order valence-electron chi connectivity index (χ1n) is 14.5. The van der Waals surface area contributed by atoms with Crippen molar-refractivity contribution in [2.24, 2.45) is 5.92 Å². The van der Waals surface area contributed by atoms with Crippen LogP contribution in [0.5, 0.6) is 0 Å².